The van der Waals surface area contributed by atoms with Crippen LogP contribution in [0.25, 0.3) is 22.6 Å². The van der Waals surface area contributed by atoms with Crippen LogP contribution in [0.15, 0.2) is 85.2 Å². The van der Waals surface area contributed by atoms with Gasteiger partial charge in [-0.2, -0.15) is 0 Å². The van der Waals surface area contributed by atoms with Gasteiger partial charge in [-0.05, 0) is 42.2 Å². The summed E-state index contributed by atoms with van der Waals surface area (Å²) in [6.45, 7) is 0.816. The maximum Gasteiger partial charge on any atom is 0.303 e. The molecule has 4 rings (SSSR count). The highest BCUT2D eigenvalue weighted by Gasteiger charge is 2.15. The largest absolute Gasteiger partial charge is 1.00 e. The van der Waals surface area contributed by atoms with Gasteiger partial charge in [-0.15, -0.1) is 0 Å². The van der Waals surface area contributed by atoms with Crippen molar-refractivity contribution in [3.63, 3.8) is 0 Å². The number of hydrogen-bond donors (Lipinski definition) is 1. The maximum absolute atomic E-state index is 10.7. The van der Waals surface area contributed by atoms with Crippen LogP contribution in [0, 0.1) is 0 Å². The number of hydrogen-bond acceptors (Lipinski definition) is 2. The second-order valence-corrected chi connectivity index (χ2v) is 7.76. The van der Waals surface area contributed by atoms with Crippen LogP contribution < -0.4 is 26.4 Å². The molecule has 2 aromatic carbocycles. The fourth-order valence-electron chi connectivity index (χ4n) is 4.00. The quantitative estimate of drug-likeness (QED) is 0.408. The molecule has 0 amide bonds. The highest BCUT2D eigenvalue weighted by molar-refractivity contribution is 5.89. The van der Waals surface area contributed by atoms with Crippen LogP contribution in [0.3, 0.4) is 0 Å². The van der Waals surface area contributed by atoms with Gasteiger partial charge in [-0.1, -0.05) is 48.6 Å². The Balaban J connectivity index is 0.00000289. The van der Waals surface area contributed by atoms with E-state index in [1.165, 1.54) is 27.6 Å². The molecule has 0 atom stereocenters. The standard InChI is InChI=1S/C27H26N2O2.BrH/c1-28-19-16-21(23-11-2-4-13-25(23)28)9-8-10-22-17-20-29(18-7-6-15-27(30)31)26-14-5-3-12-24(22)26;/h2-5,8-14,16-17,19-20H,6-7,15,18H2,1H3;1H. The molecule has 0 spiro atoms. The maximum atomic E-state index is 10.7. The van der Waals surface area contributed by atoms with Crippen LogP contribution in [-0.4, -0.2) is 17.6 Å². The Morgan fingerprint density at radius 2 is 1.84 bits per heavy atom. The van der Waals surface area contributed by atoms with E-state index < -0.39 is 5.97 Å². The minimum absolute atomic E-state index is 0. The van der Waals surface area contributed by atoms with E-state index in [0.717, 1.165) is 18.7 Å². The normalized spacial score (nSPS) is 14.0. The SMILES string of the molecule is C[n+]1ccc(/C=C/C=C2\C=CN(CCCCC(=O)O)c3ccccc32)c2ccccc21.[Br-]. The third-order valence-corrected chi connectivity index (χ3v) is 5.62. The Bertz CT molecular complexity index is 1200. The van der Waals surface area contributed by atoms with Crippen LogP contribution in [0.1, 0.15) is 30.4 Å². The predicted octanol–water partition coefficient (Wildman–Crippen LogP) is 2.35. The Kier molecular flexibility index (Phi) is 8.01. The summed E-state index contributed by atoms with van der Waals surface area (Å²) in [5.41, 5.74) is 5.92. The monoisotopic (exact) mass is 490 g/mol. The number of carbonyl (C=O) groups is 1. The molecule has 0 bridgehead atoms. The van der Waals surface area contributed by atoms with Gasteiger partial charge in [0.05, 0.1) is 5.39 Å². The van der Waals surface area contributed by atoms with Gasteiger partial charge in [0.25, 0.3) is 0 Å². The van der Waals surface area contributed by atoms with Crippen LogP contribution in [-0.2, 0) is 11.8 Å². The second kappa shape index (κ2) is 10.9. The van der Waals surface area contributed by atoms with Gasteiger partial charge in [0, 0.05) is 42.5 Å². The Labute approximate surface area is 199 Å². The van der Waals surface area contributed by atoms with Crippen molar-refractivity contribution in [1.82, 2.24) is 0 Å². The molecule has 0 saturated carbocycles. The molecule has 164 valence electrons. The summed E-state index contributed by atoms with van der Waals surface area (Å²) in [6, 6.07) is 18.9. The van der Waals surface area contributed by atoms with Crippen molar-refractivity contribution in [3.8, 4) is 0 Å². The molecular weight excluding hydrogens is 464 g/mol. The summed E-state index contributed by atoms with van der Waals surface area (Å²) < 4.78 is 2.14. The number of halogens is 1. The molecule has 0 radical (unpaired) electrons. The summed E-state index contributed by atoms with van der Waals surface area (Å²) in [7, 11) is 2.06. The predicted molar refractivity (Wildman–Crippen MR) is 127 cm³/mol. The zero-order valence-corrected chi connectivity index (χ0v) is 19.7. The molecule has 3 aromatic rings. The van der Waals surface area contributed by atoms with Gasteiger partial charge >= 0.3 is 5.97 Å². The number of pyridine rings is 1. The Morgan fingerprint density at radius 3 is 2.69 bits per heavy atom. The average molecular weight is 491 g/mol. The Hall–Kier alpha value is -3.18. The van der Waals surface area contributed by atoms with Crippen molar-refractivity contribution >= 4 is 34.2 Å². The van der Waals surface area contributed by atoms with Gasteiger partial charge in [0.1, 0.15) is 7.05 Å². The number of fused-ring (bicyclic) bond motifs is 2. The molecule has 0 aliphatic carbocycles. The number of anilines is 1. The minimum Gasteiger partial charge on any atom is -1.00 e. The average Bonchev–Trinajstić information content (AvgIpc) is 2.79. The lowest BCUT2D eigenvalue weighted by Crippen LogP contribution is -3.00. The lowest BCUT2D eigenvalue weighted by Gasteiger charge is -2.27. The van der Waals surface area contributed by atoms with Crippen molar-refractivity contribution in [2.24, 2.45) is 7.05 Å². The Morgan fingerprint density at radius 1 is 1.06 bits per heavy atom. The fourth-order valence-corrected chi connectivity index (χ4v) is 4.00. The molecule has 1 aliphatic rings. The molecule has 32 heavy (non-hydrogen) atoms. The number of aliphatic carboxylic acids is 1. The van der Waals surface area contributed by atoms with E-state index in [1.54, 1.807) is 0 Å². The lowest BCUT2D eigenvalue weighted by atomic mass is 9.99. The minimum atomic E-state index is -0.730. The molecule has 0 fully saturated rings. The number of carboxylic acid groups (broad SMARTS) is 1. The molecule has 1 aromatic heterocycles. The van der Waals surface area contributed by atoms with E-state index >= 15 is 0 Å². The summed E-state index contributed by atoms with van der Waals surface area (Å²) in [5, 5.41) is 10.1. The van der Waals surface area contributed by atoms with E-state index in [9.17, 15) is 4.79 Å². The van der Waals surface area contributed by atoms with Crippen molar-refractivity contribution in [3.05, 3.63) is 96.3 Å². The number of benzene rings is 2. The zero-order chi connectivity index (χ0) is 21.6. The molecule has 0 saturated heterocycles. The summed E-state index contributed by atoms with van der Waals surface area (Å²) in [6.07, 6.45) is 14.5. The van der Waals surface area contributed by atoms with Crippen molar-refractivity contribution in [2.45, 2.75) is 19.3 Å². The van der Waals surface area contributed by atoms with Gasteiger partial charge in [-0.3, -0.25) is 4.79 Å². The summed E-state index contributed by atoms with van der Waals surface area (Å²) >= 11 is 0. The first-order valence-corrected chi connectivity index (χ1v) is 10.7. The fraction of sp³-hybridized carbons (Fsp3) is 0.185. The van der Waals surface area contributed by atoms with Gasteiger partial charge in [0.15, 0.2) is 6.20 Å². The van der Waals surface area contributed by atoms with Crippen molar-refractivity contribution in [1.29, 1.82) is 0 Å². The van der Waals surface area contributed by atoms with E-state index in [-0.39, 0.29) is 23.4 Å². The smallest absolute Gasteiger partial charge is 0.303 e. The second-order valence-electron chi connectivity index (χ2n) is 7.76. The third-order valence-electron chi connectivity index (χ3n) is 5.62. The highest BCUT2D eigenvalue weighted by atomic mass is 79.9. The summed E-state index contributed by atoms with van der Waals surface area (Å²) in [5.74, 6) is -0.730. The number of carboxylic acids is 1. The number of nitrogens with zero attached hydrogens (tertiary/aromatic N) is 2. The van der Waals surface area contributed by atoms with E-state index in [1.807, 2.05) is 6.07 Å². The van der Waals surface area contributed by atoms with Crippen LogP contribution in [0.2, 0.25) is 0 Å². The van der Waals surface area contributed by atoms with Gasteiger partial charge in [-0.25, -0.2) is 4.57 Å². The van der Waals surface area contributed by atoms with Gasteiger partial charge < -0.3 is 27.0 Å². The first kappa shape index (κ1) is 23.5. The summed E-state index contributed by atoms with van der Waals surface area (Å²) in [4.78, 5) is 13.0. The van der Waals surface area contributed by atoms with E-state index in [0.29, 0.717) is 6.42 Å². The molecule has 4 nitrogen and oxygen atoms in total. The molecule has 2 heterocycles. The van der Waals surface area contributed by atoms with Crippen molar-refractivity contribution in [2.75, 3.05) is 11.4 Å². The number of aryl methyl sites for hydroxylation is 1. The highest BCUT2D eigenvalue weighted by Crippen LogP contribution is 2.33. The number of unbranched alkanes of at least 4 members (excludes halogenated alkanes) is 1. The van der Waals surface area contributed by atoms with Gasteiger partial charge in [0.2, 0.25) is 5.52 Å². The van der Waals surface area contributed by atoms with Crippen LogP contribution in [0.4, 0.5) is 5.69 Å². The van der Waals surface area contributed by atoms with E-state index in [4.69, 9.17) is 5.11 Å². The van der Waals surface area contributed by atoms with E-state index in [2.05, 4.69) is 102 Å². The third kappa shape index (κ3) is 5.35. The van der Waals surface area contributed by atoms with Crippen LogP contribution >= 0.6 is 0 Å². The number of aromatic nitrogens is 1. The zero-order valence-electron chi connectivity index (χ0n) is 18.1. The molecular formula is C27H27BrN2O2. The molecule has 0 unspecified atom stereocenters. The topological polar surface area (TPSA) is 44.4 Å². The first-order valence-electron chi connectivity index (χ1n) is 10.7. The number of rotatable bonds is 7. The van der Waals surface area contributed by atoms with Crippen molar-refractivity contribution < 1.29 is 31.4 Å². The first-order chi connectivity index (χ1) is 15.1. The molecule has 5 heteroatoms. The molecule has 1 aliphatic heterocycles. The number of allylic oxidation sites excluding steroid dienone is 4. The molecule has 1 N–H and O–H groups in total. The van der Waals surface area contributed by atoms with Crippen LogP contribution in [0.5, 0.6) is 0 Å². The number of para-hydroxylation sites is 2. The lowest BCUT2D eigenvalue weighted by molar-refractivity contribution is -0.644.